The highest BCUT2D eigenvalue weighted by atomic mass is 19.1. The van der Waals surface area contributed by atoms with Crippen molar-refractivity contribution in [3.8, 4) is 0 Å². The number of halogens is 2. The standard InChI is InChI=1S/C8H8F2N2O/c1-5(13)12(11)8-6(9)3-2-4-7(8)10/h2-4H,11H2,1H3. The number of carbonyl (C=O) groups is 1. The number of hydrogen-bond acceptors (Lipinski definition) is 2. The lowest BCUT2D eigenvalue weighted by Gasteiger charge is -2.15. The van der Waals surface area contributed by atoms with Crippen molar-refractivity contribution in [2.75, 3.05) is 5.01 Å². The first-order chi connectivity index (χ1) is 6.04. The molecule has 0 atom stereocenters. The minimum absolute atomic E-state index is 0.435. The van der Waals surface area contributed by atoms with E-state index in [1.165, 1.54) is 6.07 Å². The van der Waals surface area contributed by atoms with Crippen LogP contribution in [0.15, 0.2) is 18.2 Å². The largest absolute Gasteiger partial charge is 0.273 e. The van der Waals surface area contributed by atoms with Gasteiger partial charge in [-0.25, -0.2) is 19.6 Å². The number of nitrogens with two attached hydrogens (primary N) is 1. The second kappa shape index (κ2) is 3.49. The SMILES string of the molecule is CC(=O)N(N)c1c(F)cccc1F. The second-order valence-corrected chi connectivity index (χ2v) is 2.46. The van der Waals surface area contributed by atoms with E-state index in [9.17, 15) is 13.6 Å². The highest BCUT2D eigenvalue weighted by Crippen LogP contribution is 2.20. The van der Waals surface area contributed by atoms with Crippen LogP contribution in [0.2, 0.25) is 0 Å². The summed E-state index contributed by atoms with van der Waals surface area (Å²) in [6.07, 6.45) is 0. The van der Waals surface area contributed by atoms with E-state index in [1.54, 1.807) is 0 Å². The first kappa shape index (κ1) is 9.60. The maximum absolute atomic E-state index is 12.9. The molecular formula is C8H8F2N2O. The van der Waals surface area contributed by atoms with E-state index in [1.807, 2.05) is 0 Å². The Morgan fingerprint density at radius 2 is 1.85 bits per heavy atom. The second-order valence-electron chi connectivity index (χ2n) is 2.46. The van der Waals surface area contributed by atoms with Crippen molar-refractivity contribution in [3.63, 3.8) is 0 Å². The van der Waals surface area contributed by atoms with Gasteiger partial charge in [-0.05, 0) is 12.1 Å². The molecule has 1 aromatic carbocycles. The smallest absolute Gasteiger partial charge is 0.238 e. The average Bonchev–Trinajstić information content (AvgIpc) is 2.03. The van der Waals surface area contributed by atoms with Gasteiger partial charge in [0.1, 0.15) is 5.69 Å². The number of rotatable bonds is 1. The molecule has 0 unspecified atom stereocenters. The van der Waals surface area contributed by atoms with Crippen molar-refractivity contribution in [1.29, 1.82) is 0 Å². The Bertz CT molecular complexity index is 321. The molecule has 0 saturated heterocycles. The van der Waals surface area contributed by atoms with Gasteiger partial charge in [-0.15, -0.1) is 0 Å². The first-order valence-electron chi connectivity index (χ1n) is 3.53. The third kappa shape index (κ3) is 1.81. The van der Waals surface area contributed by atoms with Gasteiger partial charge in [0.2, 0.25) is 5.91 Å². The molecule has 0 spiro atoms. The van der Waals surface area contributed by atoms with Crippen LogP contribution in [0.5, 0.6) is 0 Å². The highest BCUT2D eigenvalue weighted by molar-refractivity contribution is 5.90. The Morgan fingerprint density at radius 3 is 2.23 bits per heavy atom. The number of nitrogens with zero attached hydrogens (tertiary/aromatic N) is 1. The Morgan fingerprint density at radius 1 is 1.38 bits per heavy atom. The lowest BCUT2D eigenvalue weighted by atomic mass is 10.3. The van der Waals surface area contributed by atoms with Gasteiger partial charge in [-0.3, -0.25) is 4.79 Å². The zero-order valence-corrected chi connectivity index (χ0v) is 6.92. The van der Waals surface area contributed by atoms with E-state index in [0.29, 0.717) is 5.01 Å². The number of hydrazine groups is 1. The van der Waals surface area contributed by atoms with Crippen LogP contribution in [0.4, 0.5) is 14.5 Å². The van der Waals surface area contributed by atoms with Crippen molar-refractivity contribution in [3.05, 3.63) is 29.8 Å². The lowest BCUT2D eigenvalue weighted by molar-refractivity contribution is -0.116. The highest BCUT2D eigenvalue weighted by Gasteiger charge is 2.16. The van der Waals surface area contributed by atoms with Gasteiger partial charge in [0, 0.05) is 6.92 Å². The van der Waals surface area contributed by atoms with Crippen molar-refractivity contribution in [2.24, 2.45) is 5.84 Å². The fourth-order valence-electron chi connectivity index (χ4n) is 0.877. The summed E-state index contributed by atoms with van der Waals surface area (Å²) in [6.45, 7) is 1.12. The molecule has 0 aliphatic carbocycles. The number of amides is 1. The maximum atomic E-state index is 12.9. The van der Waals surface area contributed by atoms with Gasteiger partial charge in [-0.1, -0.05) is 6.07 Å². The third-order valence-corrected chi connectivity index (χ3v) is 1.52. The molecule has 13 heavy (non-hydrogen) atoms. The molecule has 70 valence electrons. The molecule has 0 saturated carbocycles. The van der Waals surface area contributed by atoms with Crippen LogP contribution in [-0.2, 0) is 4.79 Å². The summed E-state index contributed by atoms with van der Waals surface area (Å²) in [4.78, 5) is 10.7. The van der Waals surface area contributed by atoms with Crippen molar-refractivity contribution < 1.29 is 13.6 Å². The van der Waals surface area contributed by atoms with E-state index in [-0.39, 0.29) is 0 Å². The Hall–Kier alpha value is -1.49. The van der Waals surface area contributed by atoms with Crippen molar-refractivity contribution >= 4 is 11.6 Å². The fraction of sp³-hybridized carbons (Fsp3) is 0.125. The molecule has 0 radical (unpaired) electrons. The summed E-state index contributed by atoms with van der Waals surface area (Å²) in [5.41, 5.74) is -0.532. The predicted molar refractivity (Wildman–Crippen MR) is 43.7 cm³/mol. The molecule has 5 heteroatoms. The first-order valence-corrected chi connectivity index (χ1v) is 3.53. The topological polar surface area (TPSA) is 46.3 Å². The van der Waals surface area contributed by atoms with E-state index < -0.39 is 23.2 Å². The van der Waals surface area contributed by atoms with Crippen molar-refractivity contribution in [2.45, 2.75) is 6.92 Å². The summed E-state index contributed by atoms with van der Waals surface area (Å²) in [5, 5.41) is 0.435. The monoisotopic (exact) mass is 186 g/mol. The number of carbonyl (C=O) groups excluding carboxylic acids is 1. The lowest BCUT2D eigenvalue weighted by Crippen LogP contribution is -2.36. The molecular weight excluding hydrogens is 178 g/mol. The van der Waals surface area contributed by atoms with Crippen LogP contribution in [-0.4, -0.2) is 5.91 Å². The molecule has 1 rings (SSSR count). The minimum Gasteiger partial charge on any atom is -0.273 e. The summed E-state index contributed by atoms with van der Waals surface area (Å²) in [7, 11) is 0. The molecule has 0 aliphatic heterocycles. The zero-order valence-electron chi connectivity index (χ0n) is 6.92. The van der Waals surface area contributed by atoms with E-state index >= 15 is 0 Å². The number of hydrogen-bond donors (Lipinski definition) is 1. The van der Waals surface area contributed by atoms with Gasteiger partial charge < -0.3 is 0 Å². The normalized spacial score (nSPS) is 9.85. The molecule has 2 N–H and O–H groups in total. The number of para-hydroxylation sites is 1. The van der Waals surface area contributed by atoms with Crippen LogP contribution in [0.3, 0.4) is 0 Å². The minimum atomic E-state index is -0.863. The summed E-state index contributed by atoms with van der Waals surface area (Å²) in [5.74, 6) is 2.78. The third-order valence-electron chi connectivity index (χ3n) is 1.52. The molecule has 0 bridgehead atoms. The molecule has 1 aromatic rings. The summed E-state index contributed by atoms with van der Waals surface area (Å²) in [6, 6.07) is 3.25. The maximum Gasteiger partial charge on any atom is 0.238 e. The molecule has 0 aromatic heterocycles. The van der Waals surface area contributed by atoms with Crippen LogP contribution >= 0.6 is 0 Å². The van der Waals surface area contributed by atoms with Crippen molar-refractivity contribution in [1.82, 2.24) is 0 Å². The average molecular weight is 186 g/mol. The van der Waals surface area contributed by atoms with Gasteiger partial charge in [0.15, 0.2) is 11.6 Å². The number of anilines is 1. The van der Waals surface area contributed by atoms with Crippen LogP contribution in [0, 0.1) is 11.6 Å². The van der Waals surface area contributed by atoms with E-state index in [4.69, 9.17) is 5.84 Å². The zero-order chi connectivity index (χ0) is 10.0. The molecule has 0 heterocycles. The quantitative estimate of drug-likeness (QED) is 0.407. The Kier molecular flexibility index (Phi) is 2.57. The predicted octanol–water partition coefficient (Wildman–Crippen LogP) is 1.19. The van der Waals surface area contributed by atoms with Gasteiger partial charge >= 0.3 is 0 Å². The Balaban J connectivity index is 3.20. The van der Waals surface area contributed by atoms with Gasteiger partial charge in [0.25, 0.3) is 0 Å². The van der Waals surface area contributed by atoms with E-state index in [0.717, 1.165) is 19.1 Å². The summed E-state index contributed by atoms with van der Waals surface area (Å²) >= 11 is 0. The van der Waals surface area contributed by atoms with Gasteiger partial charge in [0.05, 0.1) is 0 Å². The molecule has 3 nitrogen and oxygen atoms in total. The molecule has 1 amide bonds. The van der Waals surface area contributed by atoms with Gasteiger partial charge in [-0.2, -0.15) is 0 Å². The van der Waals surface area contributed by atoms with E-state index in [2.05, 4.69) is 0 Å². The fourth-order valence-corrected chi connectivity index (χ4v) is 0.877. The summed E-state index contributed by atoms with van der Waals surface area (Å²) < 4.78 is 25.9. The molecule has 0 fully saturated rings. The van der Waals surface area contributed by atoms with Crippen LogP contribution in [0.25, 0.3) is 0 Å². The molecule has 0 aliphatic rings. The van der Waals surface area contributed by atoms with Crippen LogP contribution in [0.1, 0.15) is 6.92 Å². The Labute approximate surface area is 73.7 Å². The van der Waals surface area contributed by atoms with Crippen LogP contribution < -0.4 is 10.9 Å². The number of benzene rings is 1.